The zero-order chi connectivity index (χ0) is 16.7. The molecule has 1 saturated carbocycles. The van der Waals surface area contributed by atoms with Crippen molar-refractivity contribution < 1.29 is 0 Å². The van der Waals surface area contributed by atoms with E-state index in [1.54, 1.807) is 0 Å². The average Bonchev–Trinajstić information content (AvgIpc) is 3.37. The molecule has 1 aliphatic heterocycles. The molecule has 0 spiro atoms. The molecule has 126 valence electrons. The molecule has 2 fully saturated rings. The summed E-state index contributed by atoms with van der Waals surface area (Å²) >= 11 is 12.5. The summed E-state index contributed by atoms with van der Waals surface area (Å²) in [5, 5.41) is 1.49. The Balaban J connectivity index is 1.42. The molecule has 0 radical (unpaired) electrons. The topological polar surface area (TPSA) is 3.24 Å². The van der Waals surface area contributed by atoms with Crippen molar-refractivity contribution in [3.05, 3.63) is 64.1 Å². The van der Waals surface area contributed by atoms with Gasteiger partial charge in [-0.15, -0.1) is 0 Å². The van der Waals surface area contributed by atoms with Crippen molar-refractivity contribution in [2.45, 2.75) is 18.4 Å². The smallest absolute Gasteiger partial charge is 0.151 e. The quantitative estimate of drug-likeness (QED) is 0.709. The predicted molar refractivity (Wildman–Crippen MR) is 103 cm³/mol. The van der Waals surface area contributed by atoms with Crippen LogP contribution in [0, 0.1) is 0 Å². The maximum absolute atomic E-state index is 6.45. The Morgan fingerprint density at radius 3 is 2.38 bits per heavy atom. The Bertz CT molecular complexity index is 724. The van der Waals surface area contributed by atoms with Crippen LogP contribution in [0.15, 0.2) is 48.5 Å². The molecule has 2 aromatic rings. The van der Waals surface area contributed by atoms with Crippen molar-refractivity contribution >= 4 is 28.9 Å². The Labute approximate surface area is 154 Å². The van der Waals surface area contributed by atoms with E-state index in [0.717, 1.165) is 47.6 Å². The van der Waals surface area contributed by atoms with Gasteiger partial charge in [-0.2, -0.15) is 0 Å². The standard InChI is InChI=1S/C20H23Cl2N2/c1-24(20-8-7-16(21)13-18(20)22)11-9-23(10-12-24)19-14-17(19)15-5-3-2-4-6-15/h2-8,13,17,19H,9-12,14H2,1H3/q+1/t17-,19+/m0/s1. The first-order valence-corrected chi connectivity index (χ1v) is 9.42. The van der Waals surface area contributed by atoms with Crippen LogP contribution in [0.25, 0.3) is 0 Å². The minimum absolute atomic E-state index is 0.706. The van der Waals surface area contributed by atoms with Gasteiger partial charge in [-0.1, -0.05) is 53.5 Å². The molecule has 1 aliphatic carbocycles. The Kier molecular flexibility index (Phi) is 4.34. The number of hydrogen-bond acceptors (Lipinski definition) is 1. The fourth-order valence-electron chi connectivity index (χ4n) is 4.06. The molecular formula is C20H23Cl2N2+. The molecule has 2 aliphatic rings. The first-order chi connectivity index (χ1) is 11.6. The summed E-state index contributed by atoms with van der Waals surface area (Å²) in [4.78, 5) is 2.67. The largest absolute Gasteiger partial charge is 0.290 e. The van der Waals surface area contributed by atoms with Gasteiger partial charge >= 0.3 is 0 Å². The van der Waals surface area contributed by atoms with Crippen LogP contribution in [0.3, 0.4) is 0 Å². The third-order valence-corrected chi connectivity index (χ3v) is 6.24. The number of halogens is 2. The second-order valence-corrected chi connectivity index (χ2v) is 8.14. The van der Waals surface area contributed by atoms with E-state index in [-0.39, 0.29) is 0 Å². The molecule has 0 aromatic heterocycles. The highest BCUT2D eigenvalue weighted by atomic mass is 35.5. The van der Waals surface area contributed by atoms with Gasteiger partial charge in [0.2, 0.25) is 0 Å². The van der Waals surface area contributed by atoms with Gasteiger partial charge in [0.15, 0.2) is 5.69 Å². The minimum Gasteiger partial charge on any atom is -0.290 e. The van der Waals surface area contributed by atoms with Gasteiger partial charge in [0.25, 0.3) is 0 Å². The van der Waals surface area contributed by atoms with Gasteiger partial charge in [0.05, 0.1) is 20.1 Å². The molecule has 0 unspecified atom stereocenters. The monoisotopic (exact) mass is 361 g/mol. The molecular weight excluding hydrogens is 339 g/mol. The van der Waals surface area contributed by atoms with Crippen LogP contribution >= 0.6 is 23.2 Å². The lowest BCUT2D eigenvalue weighted by Gasteiger charge is -2.42. The zero-order valence-corrected chi connectivity index (χ0v) is 15.5. The Morgan fingerprint density at radius 2 is 1.71 bits per heavy atom. The molecule has 2 aromatic carbocycles. The molecule has 0 bridgehead atoms. The average molecular weight is 362 g/mol. The van der Waals surface area contributed by atoms with Gasteiger partial charge in [-0.05, 0) is 24.1 Å². The van der Waals surface area contributed by atoms with Gasteiger partial charge < -0.3 is 0 Å². The van der Waals surface area contributed by atoms with Crippen molar-refractivity contribution in [1.82, 2.24) is 9.38 Å². The maximum Gasteiger partial charge on any atom is 0.151 e. The summed E-state index contributed by atoms with van der Waals surface area (Å²) in [6.45, 7) is 4.45. The second-order valence-electron chi connectivity index (χ2n) is 7.30. The molecule has 0 N–H and O–H groups in total. The normalized spacial score (nSPS) is 26.3. The summed E-state index contributed by atoms with van der Waals surface area (Å²) in [5.41, 5.74) is 2.68. The van der Waals surface area contributed by atoms with Crippen molar-refractivity contribution in [3.63, 3.8) is 0 Å². The Hall–Kier alpha value is -1.06. The molecule has 24 heavy (non-hydrogen) atoms. The molecule has 4 rings (SSSR count). The summed E-state index contributed by atoms with van der Waals surface area (Å²) in [7, 11) is 2.29. The minimum atomic E-state index is 0.706. The molecule has 4 heteroatoms. The van der Waals surface area contributed by atoms with Crippen LogP contribution in [0.4, 0.5) is 5.69 Å². The first kappa shape index (κ1) is 16.4. The van der Waals surface area contributed by atoms with Crippen molar-refractivity contribution in [2.75, 3.05) is 33.2 Å². The second kappa shape index (κ2) is 6.34. The third kappa shape index (κ3) is 3.09. The van der Waals surface area contributed by atoms with E-state index in [9.17, 15) is 0 Å². The number of quaternary nitrogens is 1. The van der Waals surface area contributed by atoms with E-state index in [0.29, 0.717) is 5.02 Å². The van der Waals surface area contributed by atoms with Crippen molar-refractivity contribution in [1.29, 1.82) is 0 Å². The molecule has 0 amide bonds. The predicted octanol–water partition coefficient (Wildman–Crippen LogP) is 4.80. The van der Waals surface area contributed by atoms with Crippen LogP contribution in [0.1, 0.15) is 17.9 Å². The highest BCUT2D eigenvalue weighted by Crippen LogP contribution is 2.45. The van der Waals surface area contributed by atoms with Crippen molar-refractivity contribution in [3.8, 4) is 0 Å². The number of hydrogen-bond donors (Lipinski definition) is 0. The lowest BCUT2D eigenvalue weighted by atomic mass is 10.1. The van der Waals surface area contributed by atoms with Crippen LogP contribution < -0.4 is 4.48 Å². The lowest BCUT2D eigenvalue weighted by molar-refractivity contribution is 0.147. The number of piperazine rings is 1. The summed E-state index contributed by atoms with van der Waals surface area (Å²) < 4.78 is 0.898. The van der Waals surface area contributed by atoms with Crippen LogP contribution in [-0.2, 0) is 0 Å². The van der Waals surface area contributed by atoms with Gasteiger partial charge in [-0.3, -0.25) is 9.38 Å². The first-order valence-electron chi connectivity index (χ1n) is 8.66. The van der Waals surface area contributed by atoms with Crippen LogP contribution in [0.5, 0.6) is 0 Å². The SMILES string of the molecule is C[N+]1(c2ccc(Cl)cc2Cl)CCN([C@@H]2C[C@H]2c2ccccc2)CC1. The highest BCUT2D eigenvalue weighted by molar-refractivity contribution is 6.36. The summed E-state index contributed by atoms with van der Waals surface area (Å²) in [5.74, 6) is 0.724. The molecule has 2 nitrogen and oxygen atoms in total. The van der Waals surface area contributed by atoms with Crippen LogP contribution in [0.2, 0.25) is 10.0 Å². The molecule has 2 atom stereocenters. The fraction of sp³-hybridized carbons (Fsp3) is 0.400. The molecule has 1 saturated heterocycles. The number of benzene rings is 2. The number of likely N-dealkylation sites (N-methyl/N-ethyl adjacent to an activating group) is 1. The molecule has 1 heterocycles. The summed E-state index contributed by atoms with van der Waals surface area (Å²) in [6.07, 6.45) is 1.30. The van der Waals surface area contributed by atoms with Gasteiger partial charge in [-0.25, -0.2) is 0 Å². The third-order valence-electron chi connectivity index (χ3n) is 5.71. The fourth-order valence-corrected chi connectivity index (χ4v) is 4.67. The zero-order valence-electron chi connectivity index (χ0n) is 14.0. The number of rotatable bonds is 3. The Morgan fingerprint density at radius 1 is 1.00 bits per heavy atom. The lowest BCUT2D eigenvalue weighted by Crippen LogP contribution is -2.58. The maximum atomic E-state index is 6.45. The van der Waals surface area contributed by atoms with Gasteiger partial charge in [0.1, 0.15) is 5.02 Å². The summed E-state index contributed by atoms with van der Waals surface area (Å²) in [6, 6.07) is 17.6. The van der Waals surface area contributed by atoms with Gasteiger partial charge in [0, 0.05) is 36.1 Å². The van der Waals surface area contributed by atoms with Crippen molar-refractivity contribution in [2.24, 2.45) is 0 Å². The van der Waals surface area contributed by atoms with E-state index >= 15 is 0 Å². The highest BCUT2D eigenvalue weighted by Gasteiger charge is 2.45. The van der Waals surface area contributed by atoms with E-state index < -0.39 is 0 Å². The number of nitrogens with zero attached hydrogens (tertiary/aromatic N) is 2. The van der Waals surface area contributed by atoms with E-state index in [1.165, 1.54) is 17.7 Å². The van der Waals surface area contributed by atoms with E-state index in [1.807, 2.05) is 12.1 Å². The van der Waals surface area contributed by atoms with E-state index in [2.05, 4.69) is 48.3 Å². The van der Waals surface area contributed by atoms with E-state index in [4.69, 9.17) is 23.2 Å². The van der Waals surface area contributed by atoms with Crippen LogP contribution in [-0.4, -0.2) is 44.2 Å².